The minimum Gasteiger partial charge on any atom is -0.460 e. The van der Waals surface area contributed by atoms with Gasteiger partial charge in [0.25, 0.3) is 0 Å². The van der Waals surface area contributed by atoms with Gasteiger partial charge >= 0.3 is 12.2 Å². The molecule has 0 bridgehead atoms. The van der Waals surface area contributed by atoms with Gasteiger partial charge in [0.2, 0.25) is 10.0 Å². The summed E-state index contributed by atoms with van der Waals surface area (Å²) in [5.41, 5.74) is 1.65. The van der Waals surface area contributed by atoms with Crippen LogP contribution in [0.4, 0.5) is 13.2 Å². The van der Waals surface area contributed by atoms with Crippen molar-refractivity contribution in [2.75, 3.05) is 18.8 Å². The highest BCUT2D eigenvalue weighted by Gasteiger charge is 2.34. The fourth-order valence-electron chi connectivity index (χ4n) is 2.85. The fourth-order valence-corrected chi connectivity index (χ4v) is 4.36. The van der Waals surface area contributed by atoms with Crippen molar-refractivity contribution in [3.8, 4) is 17.1 Å². The molecule has 8 nitrogen and oxygen atoms in total. The predicted molar refractivity (Wildman–Crippen MR) is 93.9 cm³/mol. The van der Waals surface area contributed by atoms with E-state index in [4.69, 9.17) is 4.74 Å². The van der Waals surface area contributed by atoms with Crippen molar-refractivity contribution in [2.24, 2.45) is 7.05 Å². The largest absolute Gasteiger partial charge is 0.460 e. The van der Waals surface area contributed by atoms with Gasteiger partial charge in [-0.3, -0.25) is 4.68 Å². The highest BCUT2D eigenvalue weighted by atomic mass is 32.2. The van der Waals surface area contributed by atoms with E-state index in [1.165, 1.54) is 0 Å². The number of sulfonamides is 1. The molecule has 0 amide bonds. The van der Waals surface area contributed by atoms with E-state index < -0.39 is 28.4 Å². The SMILES string of the molecule is Cn1cc(-c2cnc(OC3CCN(S(=O)(=O)CCC(F)(F)F)CC3)nc2)cn1. The van der Waals surface area contributed by atoms with Crippen LogP contribution in [0.5, 0.6) is 6.01 Å². The van der Waals surface area contributed by atoms with Crippen LogP contribution < -0.4 is 4.74 Å². The van der Waals surface area contributed by atoms with E-state index >= 15 is 0 Å². The first kappa shape index (κ1) is 20.5. The number of piperidine rings is 1. The minimum absolute atomic E-state index is 0.110. The average Bonchev–Trinajstić information content (AvgIpc) is 3.07. The monoisotopic (exact) mass is 419 g/mol. The lowest BCUT2D eigenvalue weighted by molar-refractivity contribution is -0.130. The van der Waals surface area contributed by atoms with Crippen molar-refractivity contribution >= 4 is 10.0 Å². The molecule has 2 aromatic heterocycles. The Kier molecular flexibility index (Phi) is 5.89. The Balaban J connectivity index is 1.51. The second-order valence-electron chi connectivity index (χ2n) is 6.55. The van der Waals surface area contributed by atoms with Gasteiger partial charge in [-0.05, 0) is 12.8 Å². The summed E-state index contributed by atoms with van der Waals surface area (Å²) in [4.78, 5) is 8.31. The lowest BCUT2D eigenvalue weighted by atomic mass is 10.1. The lowest BCUT2D eigenvalue weighted by Gasteiger charge is -2.31. The summed E-state index contributed by atoms with van der Waals surface area (Å²) in [6.07, 6.45) is 1.32. The summed E-state index contributed by atoms with van der Waals surface area (Å²) in [6, 6.07) is 0.172. The van der Waals surface area contributed by atoms with Crippen LogP contribution in [0.25, 0.3) is 11.1 Å². The van der Waals surface area contributed by atoms with Crippen molar-refractivity contribution in [3.05, 3.63) is 24.8 Å². The molecule has 154 valence electrons. The number of aromatic nitrogens is 4. The number of hydrogen-bond acceptors (Lipinski definition) is 6. The summed E-state index contributed by atoms with van der Waals surface area (Å²) >= 11 is 0. The van der Waals surface area contributed by atoms with Crippen LogP contribution in [0, 0.1) is 0 Å². The van der Waals surface area contributed by atoms with Crippen LogP contribution in [0.3, 0.4) is 0 Å². The minimum atomic E-state index is -4.49. The molecule has 28 heavy (non-hydrogen) atoms. The number of halogens is 3. The third kappa shape index (κ3) is 5.41. The topological polar surface area (TPSA) is 90.2 Å². The van der Waals surface area contributed by atoms with Crippen LogP contribution in [-0.4, -0.2) is 63.6 Å². The van der Waals surface area contributed by atoms with Crippen molar-refractivity contribution in [2.45, 2.75) is 31.5 Å². The summed E-state index contributed by atoms with van der Waals surface area (Å²) < 4.78 is 69.3. The Morgan fingerprint density at radius 1 is 1.14 bits per heavy atom. The third-order valence-electron chi connectivity index (χ3n) is 4.38. The van der Waals surface area contributed by atoms with Gasteiger partial charge in [-0.15, -0.1) is 0 Å². The standard InChI is InChI=1S/C16H20F3N5O3S/c1-23-11-13(10-22-23)12-8-20-15(21-9-12)27-14-2-5-24(6-3-14)28(25,26)7-4-16(17,18)19/h8-11,14H,2-7H2,1H3. The first-order chi connectivity index (χ1) is 13.1. The highest BCUT2D eigenvalue weighted by molar-refractivity contribution is 7.89. The van der Waals surface area contributed by atoms with E-state index in [2.05, 4.69) is 15.1 Å². The average molecular weight is 419 g/mol. The van der Waals surface area contributed by atoms with Crippen molar-refractivity contribution < 1.29 is 26.3 Å². The molecular weight excluding hydrogens is 399 g/mol. The fraction of sp³-hybridized carbons (Fsp3) is 0.562. The van der Waals surface area contributed by atoms with Crippen LogP contribution >= 0.6 is 0 Å². The van der Waals surface area contributed by atoms with Crippen molar-refractivity contribution in [1.82, 2.24) is 24.1 Å². The molecule has 0 aromatic carbocycles. The zero-order chi connectivity index (χ0) is 20.4. The summed E-state index contributed by atoms with van der Waals surface area (Å²) in [6.45, 7) is 0.219. The molecule has 0 aliphatic carbocycles. The number of hydrogen-bond donors (Lipinski definition) is 0. The molecule has 1 aliphatic heterocycles. The van der Waals surface area contributed by atoms with Gasteiger partial charge in [0, 0.05) is 49.9 Å². The Morgan fingerprint density at radius 3 is 2.32 bits per heavy atom. The second kappa shape index (κ2) is 8.03. The van der Waals surface area contributed by atoms with Gasteiger partial charge in [-0.25, -0.2) is 22.7 Å². The number of nitrogens with zero attached hydrogens (tertiary/aromatic N) is 5. The molecule has 1 aliphatic rings. The van der Waals surface area contributed by atoms with Crippen LogP contribution in [0.2, 0.25) is 0 Å². The molecule has 3 rings (SSSR count). The van der Waals surface area contributed by atoms with Gasteiger partial charge < -0.3 is 4.74 Å². The number of aryl methyl sites for hydroxylation is 1. The molecule has 12 heteroatoms. The summed E-state index contributed by atoms with van der Waals surface area (Å²) in [7, 11) is -2.13. The van der Waals surface area contributed by atoms with Gasteiger partial charge in [0.1, 0.15) is 6.10 Å². The van der Waals surface area contributed by atoms with Gasteiger partial charge in [0.15, 0.2) is 0 Å². The molecule has 0 saturated carbocycles. The molecule has 2 aromatic rings. The third-order valence-corrected chi connectivity index (χ3v) is 6.25. The molecule has 1 saturated heterocycles. The van der Waals surface area contributed by atoms with Crippen molar-refractivity contribution in [1.29, 1.82) is 0 Å². The Bertz CT molecular complexity index is 891. The zero-order valence-corrected chi connectivity index (χ0v) is 15.9. The molecular formula is C16H20F3N5O3S. The zero-order valence-electron chi connectivity index (χ0n) is 15.1. The van der Waals surface area contributed by atoms with E-state index in [1.807, 2.05) is 6.20 Å². The van der Waals surface area contributed by atoms with E-state index in [9.17, 15) is 21.6 Å². The maximum absolute atomic E-state index is 12.3. The van der Waals surface area contributed by atoms with Gasteiger partial charge in [-0.1, -0.05) is 0 Å². The molecule has 0 unspecified atom stereocenters. The highest BCUT2D eigenvalue weighted by Crippen LogP contribution is 2.24. The summed E-state index contributed by atoms with van der Waals surface area (Å²) in [5.74, 6) is -0.930. The van der Waals surface area contributed by atoms with Gasteiger partial charge in [-0.2, -0.15) is 18.3 Å². The first-order valence-electron chi connectivity index (χ1n) is 8.65. The second-order valence-corrected chi connectivity index (χ2v) is 8.64. The molecule has 1 fully saturated rings. The Morgan fingerprint density at radius 2 is 1.79 bits per heavy atom. The van der Waals surface area contributed by atoms with Crippen LogP contribution in [0.15, 0.2) is 24.8 Å². The molecule has 0 atom stereocenters. The summed E-state index contributed by atoms with van der Waals surface area (Å²) in [5, 5.41) is 4.08. The normalized spacial score (nSPS) is 17.0. The molecule has 0 N–H and O–H groups in total. The smallest absolute Gasteiger partial charge is 0.390 e. The lowest BCUT2D eigenvalue weighted by Crippen LogP contribution is -2.43. The number of rotatable bonds is 6. The van der Waals surface area contributed by atoms with E-state index in [0.29, 0.717) is 12.8 Å². The molecule has 0 spiro atoms. The van der Waals surface area contributed by atoms with Crippen LogP contribution in [0.1, 0.15) is 19.3 Å². The number of alkyl halides is 3. The predicted octanol–water partition coefficient (Wildman–Crippen LogP) is 2.00. The first-order valence-corrected chi connectivity index (χ1v) is 10.3. The molecule has 0 radical (unpaired) electrons. The number of ether oxygens (including phenoxy) is 1. The Labute approximate surface area is 160 Å². The van der Waals surface area contributed by atoms with Gasteiger partial charge in [0.05, 0.1) is 18.4 Å². The van der Waals surface area contributed by atoms with Crippen molar-refractivity contribution in [3.63, 3.8) is 0 Å². The Hall–Kier alpha value is -2.21. The van der Waals surface area contributed by atoms with E-state index in [1.54, 1.807) is 30.3 Å². The van der Waals surface area contributed by atoms with Crippen LogP contribution in [-0.2, 0) is 17.1 Å². The van der Waals surface area contributed by atoms with E-state index in [-0.39, 0.29) is 25.2 Å². The van der Waals surface area contributed by atoms with E-state index in [0.717, 1.165) is 15.4 Å². The maximum Gasteiger partial charge on any atom is 0.390 e. The maximum atomic E-state index is 12.3. The molecule has 3 heterocycles. The quantitative estimate of drug-likeness (QED) is 0.712.